The molecular weight excluding hydrogens is 358 g/mol. The number of halogens is 1. The van der Waals surface area contributed by atoms with Gasteiger partial charge in [-0.2, -0.15) is 5.10 Å². The molecule has 5 nitrogen and oxygen atoms in total. The second-order valence-electron chi connectivity index (χ2n) is 5.50. The van der Waals surface area contributed by atoms with Gasteiger partial charge in [-0.1, -0.05) is 29.8 Å². The maximum atomic E-state index is 12.4. The van der Waals surface area contributed by atoms with E-state index in [1.54, 1.807) is 25.1 Å². The van der Waals surface area contributed by atoms with E-state index in [-0.39, 0.29) is 11.5 Å². The van der Waals surface area contributed by atoms with Gasteiger partial charge in [0.1, 0.15) is 11.7 Å². The van der Waals surface area contributed by atoms with Gasteiger partial charge in [0.2, 0.25) is 5.91 Å². The average molecular weight is 374 g/mol. The maximum Gasteiger partial charge on any atom is 0.267 e. The summed E-state index contributed by atoms with van der Waals surface area (Å²) in [5.74, 6) is -0.270. The van der Waals surface area contributed by atoms with E-state index >= 15 is 0 Å². The zero-order valence-corrected chi connectivity index (χ0v) is 15.1. The molecular formula is C18H16ClN3O2S. The van der Waals surface area contributed by atoms with Crippen molar-refractivity contribution in [3.63, 3.8) is 0 Å². The summed E-state index contributed by atoms with van der Waals surface area (Å²) in [6.07, 6.45) is 0. The molecule has 0 radical (unpaired) electrons. The third-order valence-corrected chi connectivity index (χ3v) is 4.87. The van der Waals surface area contributed by atoms with E-state index < -0.39 is 6.04 Å². The molecule has 1 amide bonds. The monoisotopic (exact) mass is 373 g/mol. The number of benzene rings is 1. The molecule has 0 saturated heterocycles. The molecule has 0 aliphatic rings. The number of rotatable bonds is 5. The Morgan fingerprint density at radius 2 is 2.00 bits per heavy atom. The van der Waals surface area contributed by atoms with Crippen LogP contribution >= 0.6 is 22.9 Å². The molecule has 0 fully saturated rings. The van der Waals surface area contributed by atoms with Crippen molar-refractivity contribution >= 4 is 28.8 Å². The SMILES string of the molecule is CC(C(=O)NCc1ccc(Cl)cc1)n1nc(-c2cccs2)ccc1=O. The number of hydrogen-bond donors (Lipinski definition) is 1. The predicted molar refractivity (Wildman–Crippen MR) is 99.8 cm³/mol. The minimum atomic E-state index is -0.709. The van der Waals surface area contributed by atoms with Crippen LogP contribution in [0.5, 0.6) is 0 Å². The topological polar surface area (TPSA) is 64.0 Å². The van der Waals surface area contributed by atoms with E-state index in [2.05, 4.69) is 10.4 Å². The van der Waals surface area contributed by atoms with Gasteiger partial charge in [0.25, 0.3) is 5.56 Å². The second-order valence-corrected chi connectivity index (χ2v) is 6.88. The van der Waals surface area contributed by atoms with Crippen LogP contribution in [-0.2, 0) is 11.3 Å². The van der Waals surface area contributed by atoms with Crippen LogP contribution in [0.25, 0.3) is 10.6 Å². The molecule has 7 heteroatoms. The normalized spacial score (nSPS) is 11.9. The summed E-state index contributed by atoms with van der Waals surface area (Å²) in [5.41, 5.74) is 1.29. The molecule has 2 heterocycles. The fraction of sp³-hybridized carbons (Fsp3) is 0.167. The van der Waals surface area contributed by atoms with Crippen molar-refractivity contribution in [2.24, 2.45) is 0 Å². The van der Waals surface area contributed by atoms with Crippen molar-refractivity contribution in [1.82, 2.24) is 15.1 Å². The van der Waals surface area contributed by atoms with E-state index in [4.69, 9.17) is 11.6 Å². The summed E-state index contributed by atoms with van der Waals surface area (Å²) in [5, 5.41) is 9.74. The lowest BCUT2D eigenvalue weighted by molar-refractivity contribution is -0.124. The molecule has 3 aromatic rings. The fourth-order valence-corrected chi connectivity index (χ4v) is 3.13. The zero-order valence-electron chi connectivity index (χ0n) is 13.5. The highest BCUT2D eigenvalue weighted by Gasteiger charge is 2.18. The van der Waals surface area contributed by atoms with Crippen molar-refractivity contribution in [3.05, 3.63) is 74.9 Å². The predicted octanol–water partition coefficient (Wildman–Crippen LogP) is 3.50. The van der Waals surface area contributed by atoms with Crippen LogP contribution in [0.4, 0.5) is 0 Å². The van der Waals surface area contributed by atoms with Gasteiger partial charge < -0.3 is 5.32 Å². The average Bonchev–Trinajstić information content (AvgIpc) is 3.15. The van der Waals surface area contributed by atoms with Crippen LogP contribution in [0.15, 0.2) is 58.7 Å². The Labute approximate surface area is 153 Å². The molecule has 1 N–H and O–H groups in total. The first kappa shape index (κ1) is 17.4. The van der Waals surface area contributed by atoms with Gasteiger partial charge in [-0.3, -0.25) is 9.59 Å². The summed E-state index contributed by atoms with van der Waals surface area (Å²) >= 11 is 7.38. The zero-order chi connectivity index (χ0) is 17.8. The van der Waals surface area contributed by atoms with Gasteiger partial charge in [-0.25, -0.2) is 4.68 Å². The smallest absolute Gasteiger partial charge is 0.267 e. The lowest BCUT2D eigenvalue weighted by Gasteiger charge is -2.14. The number of nitrogens with one attached hydrogen (secondary N) is 1. The van der Waals surface area contributed by atoms with Crippen LogP contribution in [0.1, 0.15) is 18.5 Å². The molecule has 128 valence electrons. The number of hydrogen-bond acceptors (Lipinski definition) is 4. The number of carbonyl (C=O) groups is 1. The van der Waals surface area contributed by atoms with Crippen molar-refractivity contribution in [3.8, 4) is 10.6 Å². The lowest BCUT2D eigenvalue weighted by atomic mass is 10.2. The van der Waals surface area contributed by atoms with Gasteiger partial charge in [0.05, 0.1) is 4.88 Å². The van der Waals surface area contributed by atoms with Gasteiger partial charge in [-0.15, -0.1) is 11.3 Å². The number of aromatic nitrogens is 2. The molecule has 0 aliphatic heterocycles. The molecule has 0 saturated carbocycles. The fourth-order valence-electron chi connectivity index (χ4n) is 2.31. The number of carbonyl (C=O) groups excluding carboxylic acids is 1. The Balaban J connectivity index is 1.74. The van der Waals surface area contributed by atoms with Crippen molar-refractivity contribution in [2.45, 2.75) is 19.5 Å². The van der Waals surface area contributed by atoms with Gasteiger partial charge in [0, 0.05) is 17.6 Å². The molecule has 1 aromatic carbocycles. The molecule has 0 bridgehead atoms. The maximum absolute atomic E-state index is 12.4. The van der Waals surface area contributed by atoms with Crippen molar-refractivity contribution < 1.29 is 4.79 Å². The molecule has 2 aromatic heterocycles. The molecule has 3 rings (SSSR count). The van der Waals surface area contributed by atoms with Crippen LogP contribution in [0.2, 0.25) is 5.02 Å². The Morgan fingerprint density at radius 1 is 1.24 bits per heavy atom. The first-order chi connectivity index (χ1) is 12.0. The van der Waals surface area contributed by atoms with Crippen LogP contribution < -0.4 is 10.9 Å². The van der Waals surface area contributed by atoms with Crippen LogP contribution in [-0.4, -0.2) is 15.7 Å². The Hall–Kier alpha value is -2.44. The van der Waals surface area contributed by atoms with E-state index in [0.29, 0.717) is 17.3 Å². The molecule has 1 unspecified atom stereocenters. The number of amides is 1. The van der Waals surface area contributed by atoms with Crippen LogP contribution in [0.3, 0.4) is 0 Å². The van der Waals surface area contributed by atoms with Crippen LogP contribution in [0, 0.1) is 0 Å². The molecule has 0 aliphatic carbocycles. The Morgan fingerprint density at radius 3 is 2.68 bits per heavy atom. The minimum absolute atomic E-state index is 0.270. The summed E-state index contributed by atoms with van der Waals surface area (Å²) in [6, 6.07) is 13.5. The highest BCUT2D eigenvalue weighted by molar-refractivity contribution is 7.13. The Bertz CT molecular complexity index is 920. The largest absolute Gasteiger partial charge is 0.350 e. The highest BCUT2D eigenvalue weighted by atomic mass is 35.5. The first-order valence-corrected chi connectivity index (χ1v) is 8.96. The van der Waals surface area contributed by atoms with Crippen molar-refractivity contribution in [1.29, 1.82) is 0 Å². The summed E-state index contributed by atoms with van der Waals surface area (Å²) in [4.78, 5) is 25.5. The molecule has 1 atom stereocenters. The number of thiophene rings is 1. The molecule has 0 spiro atoms. The highest BCUT2D eigenvalue weighted by Crippen LogP contribution is 2.21. The lowest BCUT2D eigenvalue weighted by Crippen LogP contribution is -2.36. The van der Waals surface area contributed by atoms with Crippen molar-refractivity contribution in [2.75, 3.05) is 0 Å². The van der Waals surface area contributed by atoms with E-state index in [1.165, 1.54) is 22.1 Å². The summed E-state index contributed by atoms with van der Waals surface area (Å²) in [6.45, 7) is 2.02. The third kappa shape index (κ3) is 4.15. The quantitative estimate of drug-likeness (QED) is 0.744. The first-order valence-electron chi connectivity index (χ1n) is 7.70. The van der Waals surface area contributed by atoms with Gasteiger partial charge in [-0.05, 0) is 42.1 Å². The van der Waals surface area contributed by atoms with Gasteiger partial charge >= 0.3 is 0 Å². The second kappa shape index (κ2) is 7.63. The third-order valence-electron chi connectivity index (χ3n) is 3.72. The van der Waals surface area contributed by atoms with E-state index in [9.17, 15) is 9.59 Å². The minimum Gasteiger partial charge on any atom is -0.350 e. The summed E-state index contributed by atoms with van der Waals surface area (Å²) < 4.78 is 1.21. The Kier molecular flexibility index (Phi) is 5.31. The van der Waals surface area contributed by atoms with E-state index in [0.717, 1.165) is 10.4 Å². The number of nitrogens with zero attached hydrogens (tertiary/aromatic N) is 2. The summed E-state index contributed by atoms with van der Waals surface area (Å²) in [7, 11) is 0. The van der Waals surface area contributed by atoms with E-state index in [1.807, 2.05) is 29.6 Å². The standard InChI is InChI=1S/C18H16ClN3O2S/c1-12(18(24)20-11-13-4-6-14(19)7-5-13)22-17(23)9-8-15(21-22)16-3-2-10-25-16/h2-10,12H,11H2,1H3,(H,20,24). The molecule has 25 heavy (non-hydrogen) atoms. The van der Waals surface area contributed by atoms with Gasteiger partial charge in [0.15, 0.2) is 0 Å².